The number of benzene rings is 1. The average Bonchev–Trinajstić information content (AvgIpc) is 3.02. The fraction of sp³-hybridized carbons (Fsp3) is 0.412. The van der Waals surface area contributed by atoms with Crippen LogP contribution in [0.3, 0.4) is 0 Å². The minimum Gasteiger partial charge on any atom is -0.493 e. The van der Waals surface area contributed by atoms with E-state index in [1.807, 2.05) is 11.3 Å². The van der Waals surface area contributed by atoms with Crippen LogP contribution in [0.1, 0.15) is 41.8 Å². The predicted molar refractivity (Wildman–Crippen MR) is 84.7 cm³/mol. The summed E-state index contributed by atoms with van der Waals surface area (Å²) in [5.74, 6) is 1.11. The van der Waals surface area contributed by atoms with E-state index < -0.39 is 0 Å². The lowest BCUT2D eigenvalue weighted by Gasteiger charge is -2.25. The number of hydrogen-bond acceptors (Lipinski definition) is 3. The summed E-state index contributed by atoms with van der Waals surface area (Å²) in [7, 11) is 0. The first-order valence-electron chi connectivity index (χ1n) is 7.41. The van der Waals surface area contributed by atoms with Gasteiger partial charge in [0, 0.05) is 10.4 Å². The second-order valence-corrected chi connectivity index (χ2v) is 6.17. The monoisotopic (exact) mass is 287 g/mol. The Hall–Kier alpha value is -1.32. The van der Waals surface area contributed by atoms with Crippen molar-refractivity contribution in [3.05, 3.63) is 51.7 Å². The minimum atomic E-state index is 0.253. The highest BCUT2D eigenvalue weighted by Gasteiger charge is 2.22. The first-order valence-corrected chi connectivity index (χ1v) is 8.29. The molecule has 1 N–H and O–H groups in total. The molecule has 2 aromatic rings. The number of hydrogen-bond donors (Lipinski definition) is 1. The second-order valence-electron chi connectivity index (χ2n) is 5.19. The molecule has 2 heterocycles. The summed E-state index contributed by atoms with van der Waals surface area (Å²) in [6.07, 6.45) is 3.40. The van der Waals surface area contributed by atoms with Gasteiger partial charge in [-0.15, -0.1) is 11.3 Å². The van der Waals surface area contributed by atoms with Crippen molar-refractivity contribution >= 4 is 11.3 Å². The third-order valence-corrected chi connectivity index (χ3v) is 4.64. The molecular formula is C17H21NOS. The molecule has 3 rings (SSSR count). The predicted octanol–water partition coefficient (Wildman–Crippen LogP) is 4.16. The van der Waals surface area contributed by atoms with Gasteiger partial charge in [-0.05, 0) is 42.8 Å². The topological polar surface area (TPSA) is 21.3 Å². The highest BCUT2D eigenvalue weighted by Crippen LogP contribution is 2.36. The lowest BCUT2D eigenvalue weighted by Crippen LogP contribution is -2.24. The maximum atomic E-state index is 5.98. The van der Waals surface area contributed by atoms with E-state index in [1.54, 1.807) is 0 Å². The normalized spacial score (nSPS) is 15.4. The van der Waals surface area contributed by atoms with Gasteiger partial charge in [0.05, 0.1) is 12.6 Å². The van der Waals surface area contributed by atoms with Gasteiger partial charge >= 0.3 is 0 Å². The molecule has 1 unspecified atom stereocenters. The van der Waals surface area contributed by atoms with Gasteiger partial charge in [0.15, 0.2) is 0 Å². The molecule has 1 atom stereocenters. The summed E-state index contributed by atoms with van der Waals surface area (Å²) < 4.78 is 5.98. The molecule has 0 fully saturated rings. The summed E-state index contributed by atoms with van der Waals surface area (Å²) in [6.45, 7) is 4.07. The van der Waals surface area contributed by atoms with Gasteiger partial charge in [0.2, 0.25) is 0 Å². The van der Waals surface area contributed by atoms with Crippen LogP contribution in [0.2, 0.25) is 0 Å². The van der Waals surface area contributed by atoms with Gasteiger partial charge in [0.1, 0.15) is 5.75 Å². The molecule has 0 spiro atoms. The number of fused-ring (bicyclic) bond motifs is 1. The molecule has 106 valence electrons. The molecule has 0 bridgehead atoms. The summed E-state index contributed by atoms with van der Waals surface area (Å²) in [4.78, 5) is 1.36. The molecular weight excluding hydrogens is 266 g/mol. The smallest absolute Gasteiger partial charge is 0.127 e. The van der Waals surface area contributed by atoms with Crippen LogP contribution in [0.4, 0.5) is 0 Å². The van der Waals surface area contributed by atoms with E-state index in [2.05, 4.69) is 48.0 Å². The van der Waals surface area contributed by atoms with E-state index in [4.69, 9.17) is 4.74 Å². The maximum absolute atomic E-state index is 5.98. The number of ether oxygens (including phenoxy) is 1. The zero-order chi connectivity index (χ0) is 13.8. The fourth-order valence-electron chi connectivity index (χ4n) is 2.75. The summed E-state index contributed by atoms with van der Waals surface area (Å²) in [5.41, 5.74) is 2.65. The first-order chi connectivity index (χ1) is 9.90. The lowest BCUT2D eigenvalue weighted by molar-refractivity contribution is 0.283. The van der Waals surface area contributed by atoms with Crippen LogP contribution in [0.5, 0.6) is 5.75 Å². The Balaban J connectivity index is 1.98. The van der Waals surface area contributed by atoms with E-state index in [-0.39, 0.29) is 6.04 Å². The molecule has 0 amide bonds. The van der Waals surface area contributed by atoms with Crippen LogP contribution in [-0.4, -0.2) is 13.2 Å². The Morgan fingerprint density at radius 2 is 2.25 bits per heavy atom. The van der Waals surface area contributed by atoms with Crippen LogP contribution in [0, 0.1) is 0 Å². The molecule has 1 aliphatic rings. The Bertz CT molecular complexity index is 550. The van der Waals surface area contributed by atoms with Crippen LogP contribution < -0.4 is 10.1 Å². The lowest BCUT2D eigenvalue weighted by atomic mass is 9.97. The van der Waals surface area contributed by atoms with Crippen molar-refractivity contribution in [1.29, 1.82) is 0 Å². The summed E-state index contributed by atoms with van der Waals surface area (Å²) >= 11 is 1.81. The third-order valence-electron chi connectivity index (χ3n) is 3.70. The highest BCUT2D eigenvalue weighted by atomic mass is 32.1. The van der Waals surface area contributed by atoms with Gasteiger partial charge in [-0.2, -0.15) is 0 Å². The van der Waals surface area contributed by atoms with Crippen LogP contribution in [-0.2, 0) is 6.42 Å². The van der Waals surface area contributed by atoms with Gasteiger partial charge in [-0.25, -0.2) is 0 Å². The Labute approximate surface area is 124 Å². The van der Waals surface area contributed by atoms with Crippen molar-refractivity contribution in [2.75, 3.05) is 13.2 Å². The van der Waals surface area contributed by atoms with Gasteiger partial charge in [0.25, 0.3) is 0 Å². The Kier molecular flexibility index (Phi) is 4.38. The molecule has 20 heavy (non-hydrogen) atoms. The molecule has 1 aromatic carbocycles. The highest BCUT2D eigenvalue weighted by molar-refractivity contribution is 7.10. The maximum Gasteiger partial charge on any atom is 0.127 e. The molecule has 2 nitrogen and oxygen atoms in total. The van der Waals surface area contributed by atoms with E-state index >= 15 is 0 Å². The third kappa shape index (κ3) is 2.74. The number of nitrogens with one attached hydrogen (secondary N) is 1. The van der Waals surface area contributed by atoms with Crippen molar-refractivity contribution in [3.63, 3.8) is 0 Å². The van der Waals surface area contributed by atoms with E-state index in [1.165, 1.54) is 16.0 Å². The van der Waals surface area contributed by atoms with Crippen molar-refractivity contribution in [1.82, 2.24) is 5.32 Å². The number of rotatable bonds is 5. The Morgan fingerprint density at radius 3 is 3.05 bits per heavy atom. The van der Waals surface area contributed by atoms with Gasteiger partial charge < -0.3 is 10.1 Å². The van der Waals surface area contributed by atoms with Crippen LogP contribution in [0.15, 0.2) is 35.7 Å². The average molecular weight is 287 g/mol. The van der Waals surface area contributed by atoms with Crippen molar-refractivity contribution in [2.24, 2.45) is 0 Å². The molecule has 0 saturated heterocycles. The van der Waals surface area contributed by atoms with Crippen LogP contribution in [0.25, 0.3) is 0 Å². The van der Waals surface area contributed by atoms with Gasteiger partial charge in [-0.3, -0.25) is 0 Å². The number of aryl methyl sites for hydroxylation is 1. The van der Waals surface area contributed by atoms with E-state index in [9.17, 15) is 0 Å². The Morgan fingerprint density at radius 1 is 1.30 bits per heavy atom. The minimum absolute atomic E-state index is 0.253. The molecule has 0 radical (unpaired) electrons. The SMILES string of the molecule is CCCNC(c1cccs1)c1cccc2c1OCCC2. The zero-order valence-electron chi connectivity index (χ0n) is 11.9. The van der Waals surface area contributed by atoms with Crippen molar-refractivity contribution in [2.45, 2.75) is 32.2 Å². The molecule has 0 saturated carbocycles. The van der Waals surface area contributed by atoms with Crippen LogP contribution >= 0.6 is 11.3 Å². The number of thiophene rings is 1. The molecule has 0 aliphatic carbocycles. The fourth-order valence-corrected chi connectivity index (χ4v) is 3.57. The number of para-hydroxylation sites is 1. The molecule has 1 aliphatic heterocycles. The van der Waals surface area contributed by atoms with Gasteiger partial charge in [-0.1, -0.05) is 31.2 Å². The quantitative estimate of drug-likeness (QED) is 0.891. The first kappa shape index (κ1) is 13.7. The van der Waals surface area contributed by atoms with E-state index in [0.717, 1.165) is 38.2 Å². The largest absolute Gasteiger partial charge is 0.493 e. The molecule has 3 heteroatoms. The van der Waals surface area contributed by atoms with Crippen molar-refractivity contribution < 1.29 is 4.74 Å². The zero-order valence-corrected chi connectivity index (χ0v) is 12.7. The molecule has 1 aromatic heterocycles. The second kappa shape index (κ2) is 6.42. The standard InChI is InChI=1S/C17H21NOS/c1-2-10-18-16(15-9-5-12-20-15)14-8-3-6-13-7-4-11-19-17(13)14/h3,5-6,8-9,12,16,18H,2,4,7,10-11H2,1H3. The van der Waals surface area contributed by atoms with E-state index in [0.29, 0.717) is 0 Å². The van der Waals surface area contributed by atoms with Crippen molar-refractivity contribution in [3.8, 4) is 5.75 Å². The summed E-state index contributed by atoms with van der Waals surface area (Å²) in [6, 6.07) is 11.2. The summed E-state index contributed by atoms with van der Waals surface area (Å²) in [5, 5.41) is 5.81.